The Morgan fingerprint density at radius 2 is 1.67 bits per heavy atom. The first-order valence-electron chi connectivity index (χ1n) is 9.81. The zero-order valence-electron chi connectivity index (χ0n) is 17.1. The number of benzene rings is 2. The van der Waals surface area contributed by atoms with Gasteiger partial charge >= 0.3 is 0 Å². The minimum Gasteiger partial charge on any atom is -0.497 e. The highest BCUT2D eigenvalue weighted by atomic mass is 35.5. The summed E-state index contributed by atoms with van der Waals surface area (Å²) in [6, 6.07) is 11.9. The monoisotopic (exact) mass is 426 g/mol. The summed E-state index contributed by atoms with van der Waals surface area (Å²) in [6.07, 6.45) is 1.95. The first kappa shape index (κ1) is 20.4. The lowest BCUT2D eigenvalue weighted by Gasteiger charge is -2.36. The predicted molar refractivity (Wildman–Crippen MR) is 116 cm³/mol. The molecule has 0 saturated carbocycles. The van der Waals surface area contributed by atoms with Crippen molar-refractivity contribution in [2.24, 2.45) is 0 Å². The Morgan fingerprint density at radius 1 is 1.00 bits per heavy atom. The second kappa shape index (κ2) is 8.13. The van der Waals surface area contributed by atoms with Crippen molar-refractivity contribution in [2.45, 2.75) is 26.1 Å². The summed E-state index contributed by atoms with van der Waals surface area (Å²) in [7, 11) is 1.55. The molecule has 2 aliphatic heterocycles. The van der Waals surface area contributed by atoms with Crippen molar-refractivity contribution in [1.29, 1.82) is 0 Å². The first-order valence-corrected chi connectivity index (χ1v) is 10.2. The lowest BCUT2D eigenvalue weighted by Crippen LogP contribution is -2.45. The summed E-state index contributed by atoms with van der Waals surface area (Å²) < 4.78 is 11.1. The van der Waals surface area contributed by atoms with E-state index in [1.807, 2.05) is 20.0 Å². The molecule has 2 aromatic carbocycles. The lowest BCUT2D eigenvalue weighted by molar-refractivity contribution is -0.113. The fraction of sp³-hybridized carbons (Fsp3) is 0.304. The molecule has 2 aliphatic rings. The number of nitrogens with zero attached hydrogens (tertiary/aromatic N) is 2. The highest BCUT2D eigenvalue weighted by Gasteiger charge is 2.37. The minimum absolute atomic E-state index is 0.0497. The van der Waals surface area contributed by atoms with Crippen LogP contribution in [0.5, 0.6) is 5.75 Å². The normalized spacial score (nSPS) is 23.0. The number of morpholine rings is 1. The second-order valence-corrected chi connectivity index (χ2v) is 8.02. The molecule has 2 atom stereocenters. The zero-order valence-corrected chi connectivity index (χ0v) is 17.8. The number of imide groups is 1. The third-order valence-corrected chi connectivity index (χ3v) is 5.48. The average Bonchev–Trinajstić information content (AvgIpc) is 2.71. The Bertz CT molecular complexity index is 1010. The number of carbonyl (C=O) groups is 2. The van der Waals surface area contributed by atoms with Crippen LogP contribution >= 0.6 is 11.6 Å². The number of rotatable bonds is 3. The highest BCUT2D eigenvalue weighted by molar-refractivity contribution is 6.41. The number of halogens is 1. The molecule has 0 aromatic heterocycles. The maximum atomic E-state index is 13.5. The summed E-state index contributed by atoms with van der Waals surface area (Å²) in [5, 5.41) is 0.532. The summed E-state index contributed by atoms with van der Waals surface area (Å²) in [6.45, 7) is 5.35. The van der Waals surface area contributed by atoms with Crippen LogP contribution in [0, 0.1) is 0 Å². The summed E-state index contributed by atoms with van der Waals surface area (Å²) in [4.78, 5) is 30.0. The maximum absolute atomic E-state index is 13.5. The number of amides is 2. The molecule has 7 heteroatoms. The Hall–Kier alpha value is -2.83. The van der Waals surface area contributed by atoms with Crippen molar-refractivity contribution in [1.82, 2.24) is 4.90 Å². The highest BCUT2D eigenvalue weighted by Crippen LogP contribution is 2.35. The van der Waals surface area contributed by atoms with E-state index >= 15 is 0 Å². The van der Waals surface area contributed by atoms with Gasteiger partial charge in [-0.1, -0.05) is 11.6 Å². The van der Waals surface area contributed by atoms with Gasteiger partial charge in [-0.2, -0.15) is 0 Å². The Labute approximate surface area is 180 Å². The van der Waals surface area contributed by atoms with Gasteiger partial charge in [0.2, 0.25) is 0 Å². The predicted octanol–water partition coefficient (Wildman–Crippen LogP) is 3.99. The van der Waals surface area contributed by atoms with E-state index in [1.54, 1.807) is 49.6 Å². The molecular formula is C23H23ClN2O4. The Kier molecular flexibility index (Phi) is 5.54. The van der Waals surface area contributed by atoms with Crippen molar-refractivity contribution >= 4 is 34.7 Å². The first-order chi connectivity index (χ1) is 14.4. The summed E-state index contributed by atoms with van der Waals surface area (Å²) >= 11 is 5.99. The third kappa shape index (κ3) is 3.80. The largest absolute Gasteiger partial charge is 0.497 e. The van der Waals surface area contributed by atoms with E-state index in [2.05, 4.69) is 4.90 Å². The molecule has 30 heavy (non-hydrogen) atoms. The number of fused-ring (bicyclic) bond motifs is 1. The fourth-order valence-electron chi connectivity index (χ4n) is 3.97. The molecule has 2 heterocycles. The molecule has 0 aliphatic carbocycles. The molecule has 6 nitrogen and oxygen atoms in total. The van der Waals surface area contributed by atoms with Crippen LogP contribution in [0.3, 0.4) is 0 Å². The van der Waals surface area contributed by atoms with Crippen LogP contribution in [0.4, 0.5) is 5.69 Å². The molecule has 156 valence electrons. The van der Waals surface area contributed by atoms with Crippen molar-refractivity contribution in [3.63, 3.8) is 0 Å². The SMILES string of the molecule is COc1ccc2c(c1)C(=O)N(c1ccc(Cl)cc1)C(=O)C2=CN1CC(C)OC(C)C1. The molecule has 0 radical (unpaired) electrons. The standard InChI is InChI=1S/C23H23ClN2O4/c1-14-11-25(12-15(2)30-14)13-21-19-9-8-18(29-3)10-20(19)22(27)26(23(21)28)17-6-4-16(24)5-7-17/h4-10,13-15H,11-12H2,1-3H3. The molecule has 0 bridgehead atoms. The van der Waals surface area contributed by atoms with Crippen LogP contribution in [-0.4, -0.2) is 49.1 Å². The van der Waals surface area contributed by atoms with Gasteiger partial charge in [0.15, 0.2) is 0 Å². The Morgan fingerprint density at radius 3 is 2.30 bits per heavy atom. The number of hydrogen-bond donors (Lipinski definition) is 0. The quantitative estimate of drug-likeness (QED) is 0.548. The summed E-state index contributed by atoms with van der Waals surface area (Å²) in [5.41, 5.74) is 1.95. The van der Waals surface area contributed by atoms with E-state index in [0.717, 1.165) is 0 Å². The number of hydrogen-bond acceptors (Lipinski definition) is 5. The van der Waals surface area contributed by atoms with Crippen LogP contribution in [0.1, 0.15) is 29.8 Å². The molecule has 2 amide bonds. The van der Waals surface area contributed by atoms with Crippen LogP contribution in [0.25, 0.3) is 5.57 Å². The average molecular weight is 427 g/mol. The number of ether oxygens (including phenoxy) is 2. The van der Waals surface area contributed by atoms with E-state index in [1.165, 1.54) is 4.90 Å². The molecule has 0 spiro atoms. The molecule has 1 fully saturated rings. The van der Waals surface area contributed by atoms with Gasteiger partial charge in [0.1, 0.15) is 5.75 Å². The van der Waals surface area contributed by atoms with Gasteiger partial charge in [-0.05, 0) is 56.3 Å². The molecule has 0 N–H and O–H groups in total. The van der Waals surface area contributed by atoms with Gasteiger partial charge < -0.3 is 14.4 Å². The third-order valence-electron chi connectivity index (χ3n) is 5.23. The van der Waals surface area contributed by atoms with Crippen molar-refractivity contribution < 1.29 is 19.1 Å². The molecule has 4 rings (SSSR count). The van der Waals surface area contributed by atoms with E-state index in [4.69, 9.17) is 21.1 Å². The maximum Gasteiger partial charge on any atom is 0.267 e. The summed E-state index contributed by atoms with van der Waals surface area (Å²) in [5.74, 6) is -0.204. The molecule has 2 unspecified atom stereocenters. The lowest BCUT2D eigenvalue weighted by atomic mass is 9.93. The van der Waals surface area contributed by atoms with Crippen LogP contribution < -0.4 is 9.64 Å². The molecule has 2 aromatic rings. The molecular weight excluding hydrogens is 404 g/mol. The van der Waals surface area contributed by atoms with Crippen molar-refractivity contribution in [3.8, 4) is 5.75 Å². The minimum atomic E-state index is -0.392. The second-order valence-electron chi connectivity index (χ2n) is 7.59. The van der Waals surface area contributed by atoms with Gasteiger partial charge in [0.25, 0.3) is 11.8 Å². The molecule has 1 saturated heterocycles. The van der Waals surface area contributed by atoms with Gasteiger partial charge in [0.05, 0.1) is 36.1 Å². The van der Waals surface area contributed by atoms with Gasteiger partial charge in [-0.15, -0.1) is 0 Å². The van der Waals surface area contributed by atoms with E-state index in [0.29, 0.717) is 46.2 Å². The van der Waals surface area contributed by atoms with Crippen LogP contribution in [0.2, 0.25) is 5.02 Å². The van der Waals surface area contributed by atoms with Crippen molar-refractivity contribution in [3.05, 3.63) is 64.8 Å². The van der Waals surface area contributed by atoms with Crippen LogP contribution in [-0.2, 0) is 9.53 Å². The smallest absolute Gasteiger partial charge is 0.267 e. The van der Waals surface area contributed by atoms with Crippen LogP contribution in [0.15, 0.2) is 48.7 Å². The zero-order chi connectivity index (χ0) is 21.4. The Balaban J connectivity index is 1.83. The van der Waals surface area contributed by atoms with Crippen molar-refractivity contribution in [2.75, 3.05) is 25.1 Å². The van der Waals surface area contributed by atoms with Gasteiger partial charge in [0, 0.05) is 29.9 Å². The van der Waals surface area contributed by atoms with Gasteiger partial charge in [-0.3, -0.25) is 9.59 Å². The fourth-order valence-corrected chi connectivity index (χ4v) is 4.09. The topological polar surface area (TPSA) is 59.1 Å². The number of carbonyl (C=O) groups excluding carboxylic acids is 2. The number of anilines is 1. The van der Waals surface area contributed by atoms with E-state index < -0.39 is 5.91 Å². The number of methoxy groups -OCH3 is 1. The van der Waals surface area contributed by atoms with Gasteiger partial charge in [-0.25, -0.2) is 4.90 Å². The van der Waals surface area contributed by atoms with E-state index in [9.17, 15) is 9.59 Å². The van der Waals surface area contributed by atoms with E-state index in [-0.39, 0.29) is 18.1 Å².